The largest absolute Gasteiger partial charge is 0.455 e. The Balaban J connectivity index is 1.59. The highest BCUT2D eigenvalue weighted by Gasteiger charge is 2.26. The van der Waals surface area contributed by atoms with Crippen LogP contribution < -0.4 is 9.62 Å². The minimum atomic E-state index is -3.66. The summed E-state index contributed by atoms with van der Waals surface area (Å²) in [6.07, 6.45) is 7.64. The molecule has 6 rings (SSSR count). The summed E-state index contributed by atoms with van der Waals surface area (Å²) in [6.45, 7) is 0. The lowest BCUT2D eigenvalue weighted by atomic mass is 9.98. The van der Waals surface area contributed by atoms with Gasteiger partial charge in [0.1, 0.15) is 22.2 Å². The van der Waals surface area contributed by atoms with E-state index in [2.05, 4.69) is 10.3 Å². The Morgan fingerprint density at radius 1 is 1.07 bits per heavy atom. The smallest absolute Gasteiger partial charge is 0.255 e. The Hall–Kier alpha value is -4.09. The Labute approximate surface area is 234 Å². The van der Waals surface area contributed by atoms with Crippen molar-refractivity contribution in [2.75, 3.05) is 24.7 Å². The van der Waals surface area contributed by atoms with Crippen molar-refractivity contribution in [2.24, 2.45) is 0 Å². The molecule has 0 atom stereocenters. The Bertz CT molecular complexity index is 1870. The fraction of sp³-hybridized carbons (Fsp3) is 0.207. The van der Waals surface area contributed by atoms with Crippen LogP contribution in [-0.2, 0) is 22.9 Å². The molecule has 0 saturated carbocycles. The number of nitrogens with one attached hydrogen (secondary N) is 1. The number of carbonyl (C=O) groups excluding carboxylic acids is 1. The quantitative estimate of drug-likeness (QED) is 0.279. The molecule has 40 heavy (non-hydrogen) atoms. The molecule has 1 aliphatic rings. The first-order chi connectivity index (χ1) is 19.1. The zero-order valence-electron chi connectivity index (χ0n) is 22.0. The van der Waals surface area contributed by atoms with Gasteiger partial charge in [-0.25, -0.2) is 17.8 Å². The van der Waals surface area contributed by atoms with E-state index in [1.807, 2.05) is 6.07 Å². The number of rotatable bonds is 6. The molecule has 1 N–H and O–H groups in total. The molecule has 0 radical (unpaired) electrons. The highest BCUT2D eigenvalue weighted by Crippen LogP contribution is 2.42. The zero-order valence-corrected chi connectivity index (χ0v) is 23.6. The van der Waals surface area contributed by atoms with Crippen molar-refractivity contribution in [1.29, 1.82) is 0 Å². The Kier molecular flexibility index (Phi) is 6.42. The van der Waals surface area contributed by atoms with E-state index in [1.165, 1.54) is 47.5 Å². The maximum Gasteiger partial charge on any atom is 0.255 e. The molecule has 3 heterocycles. The van der Waals surface area contributed by atoms with Crippen LogP contribution in [0.2, 0.25) is 0 Å². The summed E-state index contributed by atoms with van der Waals surface area (Å²) in [6, 6.07) is 10.9. The molecule has 1 aliphatic carbocycles. The predicted octanol–water partition coefficient (Wildman–Crippen LogP) is 5.67. The molecule has 3 aromatic heterocycles. The predicted molar refractivity (Wildman–Crippen MR) is 155 cm³/mol. The van der Waals surface area contributed by atoms with Crippen LogP contribution in [0, 0.1) is 5.82 Å². The van der Waals surface area contributed by atoms with Gasteiger partial charge in [0.15, 0.2) is 0 Å². The molecule has 11 heteroatoms. The van der Waals surface area contributed by atoms with E-state index in [0.717, 1.165) is 41.8 Å². The van der Waals surface area contributed by atoms with Crippen LogP contribution in [0.5, 0.6) is 0 Å². The Morgan fingerprint density at radius 2 is 1.82 bits per heavy atom. The third-order valence-corrected chi connectivity index (χ3v) is 9.49. The molecular weight excluding hydrogens is 551 g/mol. The minimum Gasteiger partial charge on any atom is -0.455 e. The molecule has 0 bridgehead atoms. The number of anilines is 1. The van der Waals surface area contributed by atoms with Crippen molar-refractivity contribution in [2.45, 2.75) is 19.3 Å². The monoisotopic (exact) mass is 576 g/mol. The van der Waals surface area contributed by atoms with Crippen molar-refractivity contribution in [3.8, 4) is 33.0 Å². The Morgan fingerprint density at radius 3 is 2.52 bits per heavy atom. The van der Waals surface area contributed by atoms with Crippen molar-refractivity contribution in [3.05, 3.63) is 76.8 Å². The van der Waals surface area contributed by atoms with E-state index in [4.69, 9.17) is 9.40 Å². The first-order valence-electron chi connectivity index (χ1n) is 12.6. The van der Waals surface area contributed by atoms with Crippen LogP contribution in [0.3, 0.4) is 0 Å². The van der Waals surface area contributed by atoms with Crippen LogP contribution in [0.4, 0.5) is 10.1 Å². The number of hydrogen-bond donors (Lipinski definition) is 1. The highest BCUT2D eigenvalue weighted by molar-refractivity contribution is 7.92. The summed E-state index contributed by atoms with van der Waals surface area (Å²) in [5.74, 6) is -0.556. The van der Waals surface area contributed by atoms with E-state index in [-0.39, 0.29) is 11.3 Å². The molecule has 5 aromatic rings. The average molecular weight is 577 g/mol. The average Bonchev–Trinajstić information content (AvgIpc) is 3.65. The van der Waals surface area contributed by atoms with Gasteiger partial charge in [0.05, 0.1) is 23.2 Å². The van der Waals surface area contributed by atoms with Crippen LogP contribution in [-0.4, -0.2) is 44.6 Å². The summed E-state index contributed by atoms with van der Waals surface area (Å²) in [7, 11) is -0.677. The summed E-state index contributed by atoms with van der Waals surface area (Å²) in [5, 5.41) is 4.00. The van der Waals surface area contributed by atoms with Gasteiger partial charge in [-0.15, -0.1) is 11.3 Å². The normalized spacial score (nSPS) is 13.0. The fourth-order valence-electron chi connectivity index (χ4n) is 4.98. The first kappa shape index (κ1) is 26.1. The topological polar surface area (TPSA) is 105 Å². The third-order valence-electron chi connectivity index (χ3n) is 7.10. The molecule has 0 fully saturated rings. The van der Waals surface area contributed by atoms with Gasteiger partial charge in [0.25, 0.3) is 5.91 Å². The first-order valence-corrected chi connectivity index (χ1v) is 15.3. The van der Waals surface area contributed by atoms with Gasteiger partial charge in [0.2, 0.25) is 10.0 Å². The molecule has 0 aliphatic heterocycles. The standard InChI is InChI=1S/C29H25FN4O4S2/c1-31-28(35)26-21-12-20(17-11-18(15-32-14-17)29-33-22-5-4-6-25(22)39-29)23(34(2)40(3,36)37)13-24(21)38-27(26)16-7-9-19(30)10-8-16/h7-15H,4-6H2,1-3H3,(H,31,35). The van der Waals surface area contributed by atoms with E-state index in [0.29, 0.717) is 33.3 Å². The van der Waals surface area contributed by atoms with E-state index < -0.39 is 21.7 Å². The molecule has 1 amide bonds. The SMILES string of the molecule is CNC(=O)c1c(-c2ccc(F)cc2)oc2cc(N(C)S(C)(=O)=O)c(-c3cncc(-c4nc5c(s4)CCC5)c3)cc12. The van der Waals surface area contributed by atoms with Gasteiger partial charge in [-0.05, 0) is 55.7 Å². The van der Waals surface area contributed by atoms with Gasteiger partial charge < -0.3 is 9.73 Å². The second kappa shape index (κ2) is 9.83. The maximum atomic E-state index is 13.6. The number of aryl methyl sites for hydroxylation is 2. The number of pyridine rings is 1. The van der Waals surface area contributed by atoms with Gasteiger partial charge in [-0.3, -0.25) is 14.1 Å². The maximum absolute atomic E-state index is 13.6. The molecular formula is C29H25FN4O4S2. The van der Waals surface area contributed by atoms with Gasteiger partial charge in [-0.1, -0.05) is 0 Å². The molecule has 0 saturated heterocycles. The second-order valence-corrected chi connectivity index (χ2v) is 12.8. The number of thiazole rings is 1. The van der Waals surface area contributed by atoms with Crippen molar-refractivity contribution in [3.63, 3.8) is 0 Å². The number of amides is 1. The van der Waals surface area contributed by atoms with E-state index >= 15 is 0 Å². The number of halogens is 1. The summed E-state index contributed by atoms with van der Waals surface area (Å²) in [4.78, 5) is 23.7. The van der Waals surface area contributed by atoms with Crippen molar-refractivity contribution < 1.29 is 22.0 Å². The number of hydrogen-bond acceptors (Lipinski definition) is 7. The van der Waals surface area contributed by atoms with Crippen LogP contribution in [0.15, 0.2) is 59.3 Å². The second-order valence-electron chi connectivity index (χ2n) is 9.69. The third kappa shape index (κ3) is 4.54. The molecule has 204 valence electrons. The van der Waals surface area contributed by atoms with Crippen molar-refractivity contribution >= 4 is 43.9 Å². The molecule has 0 unspecified atom stereocenters. The number of benzene rings is 2. The lowest BCUT2D eigenvalue weighted by Gasteiger charge is -2.20. The van der Waals surface area contributed by atoms with Crippen LogP contribution in [0.1, 0.15) is 27.3 Å². The lowest BCUT2D eigenvalue weighted by Crippen LogP contribution is -2.25. The number of fused-ring (bicyclic) bond motifs is 2. The number of carbonyl (C=O) groups is 1. The van der Waals surface area contributed by atoms with Crippen molar-refractivity contribution in [1.82, 2.24) is 15.3 Å². The number of sulfonamides is 1. The number of nitrogens with zero attached hydrogens (tertiary/aromatic N) is 3. The van der Waals surface area contributed by atoms with Crippen LogP contribution >= 0.6 is 11.3 Å². The van der Waals surface area contributed by atoms with Gasteiger partial charge in [0, 0.05) is 65.1 Å². The summed E-state index contributed by atoms with van der Waals surface area (Å²) < 4.78 is 46.3. The summed E-state index contributed by atoms with van der Waals surface area (Å²) >= 11 is 1.66. The summed E-state index contributed by atoms with van der Waals surface area (Å²) in [5.41, 5.74) is 4.62. The molecule has 2 aromatic carbocycles. The number of furan rings is 1. The van der Waals surface area contributed by atoms with E-state index in [1.54, 1.807) is 35.9 Å². The van der Waals surface area contributed by atoms with Gasteiger partial charge >= 0.3 is 0 Å². The number of aromatic nitrogens is 2. The molecule has 8 nitrogen and oxygen atoms in total. The van der Waals surface area contributed by atoms with Crippen LogP contribution in [0.25, 0.3) is 44.0 Å². The zero-order chi connectivity index (χ0) is 28.2. The fourth-order valence-corrected chi connectivity index (χ4v) is 6.61. The van der Waals surface area contributed by atoms with E-state index in [9.17, 15) is 17.6 Å². The van der Waals surface area contributed by atoms with Gasteiger partial charge in [-0.2, -0.15) is 0 Å². The minimum absolute atomic E-state index is 0.253. The lowest BCUT2D eigenvalue weighted by molar-refractivity contribution is 0.0964. The highest BCUT2D eigenvalue weighted by atomic mass is 32.2. The molecule has 0 spiro atoms.